The molecule has 5 nitrogen and oxygen atoms in total. The Balaban J connectivity index is 2.01. The zero-order chi connectivity index (χ0) is 13.9. The maximum atomic E-state index is 4.43. The van der Waals surface area contributed by atoms with E-state index in [1.807, 2.05) is 0 Å². The smallest absolute Gasteiger partial charge is 0.141 e. The molecule has 5 heteroatoms. The molecule has 1 saturated heterocycles. The van der Waals surface area contributed by atoms with Crippen molar-refractivity contribution in [2.24, 2.45) is 5.92 Å². The predicted octanol–water partition coefficient (Wildman–Crippen LogP) is 1.51. The highest BCUT2D eigenvalue weighted by Crippen LogP contribution is 2.13. The van der Waals surface area contributed by atoms with Crippen LogP contribution in [0.5, 0.6) is 0 Å². The van der Waals surface area contributed by atoms with Crippen LogP contribution < -0.4 is 5.32 Å². The van der Waals surface area contributed by atoms with Crippen LogP contribution in [-0.4, -0.2) is 44.8 Å². The molecular formula is C14H27N5. The number of nitrogens with zero attached hydrogens (tertiary/aromatic N) is 4. The monoisotopic (exact) mass is 265 g/mol. The molecule has 1 aromatic heterocycles. The lowest BCUT2D eigenvalue weighted by Gasteiger charge is -2.29. The second-order valence-electron chi connectivity index (χ2n) is 6.63. The molecule has 1 N–H and O–H groups in total. The number of hydrogen-bond donors (Lipinski definition) is 1. The summed E-state index contributed by atoms with van der Waals surface area (Å²) in [5.74, 6) is 1.69. The van der Waals surface area contributed by atoms with Gasteiger partial charge < -0.3 is 5.32 Å². The molecule has 19 heavy (non-hydrogen) atoms. The van der Waals surface area contributed by atoms with Crippen molar-refractivity contribution < 1.29 is 0 Å². The summed E-state index contributed by atoms with van der Waals surface area (Å²) < 4.78 is 2.05. The Morgan fingerprint density at radius 1 is 1.42 bits per heavy atom. The molecule has 0 spiro atoms. The number of nitrogens with one attached hydrogen (secondary N) is 1. The number of aromatic nitrogens is 3. The highest BCUT2D eigenvalue weighted by atomic mass is 15.4. The fourth-order valence-electron chi connectivity index (χ4n) is 2.67. The standard InChI is InChI=1S/C14H27N5/c1-12(2)8-19-13(15-11-17-19)9-18-7-5-6-16-14(3,4)10-18/h11-12,16H,5-10H2,1-4H3. The summed E-state index contributed by atoms with van der Waals surface area (Å²) in [4.78, 5) is 6.92. The van der Waals surface area contributed by atoms with Crippen LogP contribution in [-0.2, 0) is 13.1 Å². The van der Waals surface area contributed by atoms with Crippen molar-refractivity contribution in [3.63, 3.8) is 0 Å². The summed E-state index contributed by atoms with van der Waals surface area (Å²) >= 11 is 0. The van der Waals surface area contributed by atoms with Crippen LogP contribution in [0.2, 0.25) is 0 Å². The summed E-state index contributed by atoms with van der Waals surface area (Å²) in [6.07, 6.45) is 2.88. The molecule has 0 aromatic carbocycles. The van der Waals surface area contributed by atoms with E-state index >= 15 is 0 Å². The first-order chi connectivity index (χ1) is 8.96. The van der Waals surface area contributed by atoms with Gasteiger partial charge in [0.1, 0.15) is 12.2 Å². The van der Waals surface area contributed by atoms with Crippen molar-refractivity contribution in [2.45, 2.75) is 52.7 Å². The minimum atomic E-state index is 0.180. The van der Waals surface area contributed by atoms with Gasteiger partial charge in [-0.2, -0.15) is 5.10 Å². The predicted molar refractivity (Wildman–Crippen MR) is 76.8 cm³/mol. The molecule has 0 aliphatic carbocycles. The second kappa shape index (κ2) is 6.01. The van der Waals surface area contributed by atoms with E-state index in [-0.39, 0.29) is 5.54 Å². The van der Waals surface area contributed by atoms with Crippen molar-refractivity contribution in [1.29, 1.82) is 0 Å². The summed E-state index contributed by atoms with van der Waals surface area (Å²) in [5, 5.41) is 7.94. The minimum Gasteiger partial charge on any atom is -0.310 e. The van der Waals surface area contributed by atoms with Crippen LogP contribution in [0.25, 0.3) is 0 Å². The highest BCUT2D eigenvalue weighted by Gasteiger charge is 2.24. The number of rotatable bonds is 4. The normalized spacial score (nSPS) is 20.7. The van der Waals surface area contributed by atoms with Crippen molar-refractivity contribution >= 4 is 0 Å². The van der Waals surface area contributed by atoms with E-state index in [1.54, 1.807) is 6.33 Å². The van der Waals surface area contributed by atoms with Crippen LogP contribution in [0.1, 0.15) is 39.9 Å². The maximum absolute atomic E-state index is 4.43. The Morgan fingerprint density at radius 3 is 2.95 bits per heavy atom. The quantitative estimate of drug-likeness (QED) is 0.896. The molecule has 1 aliphatic heterocycles. The molecule has 2 rings (SSSR count). The van der Waals surface area contributed by atoms with Crippen LogP contribution in [0.3, 0.4) is 0 Å². The molecule has 1 fully saturated rings. The van der Waals surface area contributed by atoms with Crippen LogP contribution in [0.4, 0.5) is 0 Å². The second-order valence-corrected chi connectivity index (χ2v) is 6.63. The Bertz CT molecular complexity index is 396. The molecule has 1 aliphatic rings. The average Bonchev–Trinajstić information content (AvgIpc) is 2.62. The Kier molecular flexibility index (Phi) is 4.58. The van der Waals surface area contributed by atoms with Crippen molar-refractivity contribution in [1.82, 2.24) is 25.0 Å². The lowest BCUT2D eigenvalue weighted by molar-refractivity contribution is 0.214. The van der Waals surface area contributed by atoms with Gasteiger partial charge in [-0.1, -0.05) is 13.8 Å². The lowest BCUT2D eigenvalue weighted by Crippen LogP contribution is -2.46. The summed E-state index contributed by atoms with van der Waals surface area (Å²) in [5.41, 5.74) is 0.180. The first-order valence-corrected chi connectivity index (χ1v) is 7.30. The summed E-state index contributed by atoms with van der Waals surface area (Å²) in [7, 11) is 0. The van der Waals surface area contributed by atoms with Crippen LogP contribution in [0, 0.1) is 5.92 Å². The van der Waals surface area contributed by atoms with E-state index in [2.05, 4.69) is 52.7 Å². The SMILES string of the molecule is CC(C)Cn1ncnc1CN1CCCNC(C)(C)C1. The molecule has 0 atom stereocenters. The van der Waals surface area contributed by atoms with Gasteiger partial charge >= 0.3 is 0 Å². The third-order valence-corrected chi connectivity index (χ3v) is 3.47. The number of hydrogen-bond acceptors (Lipinski definition) is 4. The van der Waals surface area contributed by atoms with E-state index in [9.17, 15) is 0 Å². The molecule has 0 radical (unpaired) electrons. The first-order valence-electron chi connectivity index (χ1n) is 7.30. The van der Waals surface area contributed by atoms with Crippen molar-refractivity contribution in [3.8, 4) is 0 Å². The van der Waals surface area contributed by atoms with E-state index in [4.69, 9.17) is 0 Å². The zero-order valence-electron chi connectivity index (χ0n) is 12.7. The van der Waals surface area contributed by atoms with Gasteiger partial charge in [0, 0.05) is 18.6 Å². The van der Waals surface area contributed by atoms with Gasteiger partial charge in [0.25, 0.3) is 0 Å². The van der Waals surface area contributed by atoms with Crippen molar-refractivity contribution in [2.75, 3.05) is 19.6 Å². The van der Waals surface area contributed by atoms with E-state index < -0.39 is 0 Å². The van der Waals surface area contributed by atoms with Gasteiger partial charge in [0.15, 0.2) is 0 Å². The first kappa shape index (κ1) is 14.5. The van der Waals surface area contributed by atoms with Gasteiger partial charge in [-0.3, -0.25) is 4.90 Å². The molecule has 2 heterocycles. The minimum absolute atomic E-state index is 0.180. The molecule has 0 bridgehead atoms. The largest absolute Gasteiger partial charge is 0.310 e. The van der Waals surface area contributed by atoms with Gasteiger partial charge in [0.05, 0.1) is 6.54 Å². The molecule has 1 aromatic rings. The van der Waals surface area contributed by atoms with Gasteiger partial charge in [-0.25, -0.2) is 9.67 Å². The topological polar surface area (TPSA) is 46.0 Å². The molecule has 108 valence electrons. The fraction of sp³-hybridized carbons (Fsp3) is 0.857. The average molecular weight is 265 g/mol. The Labute approximate surface area is 116 Å². The van der Waals surface area contributed by atoms with Gasteiger partial charge in [-0.15, -0.1) is 0 Å². The fourth-order valence-corrected chi connectivity index (χ4v) is 2.67. The molecular weight excluding hydrogens is 238 g/mol. The van der Waals surface area contributed by atoms with Crippen molar-refractivity contribution in [3.05, 3.63) is 12.2 Å². The van der Waals surface area contributed by atoms with Gasteiger partial charge in [-0.05, 0) is 39.3 Å². The Morgan fingerprint density at radius 2 is 2.21 bits per heavy atom. The zero-order valence-corrected chi connectivity index (χ0v) is 12.7. The summed E-state index contributed by atoms with van der Waals surface area (Å²) in [6, 6.07) is 0. The van der Waals surface area contributed by atoms with Gasteiger partial charge in [0.2, 0.25) is 0 Å². The van der Waals surface area contributed by atoms with E-state index in [0.29, 0.717) is 5.92 Å². The molecule has 0 unspecified atom stereocenters. The van der Waals surface area contributed by atoms with Crippen LogP contribution in [0.15, 0.2) is 6.33 Å². The summed E-state index contributed by atoms with van der Waals surface area (Å²) in [6.45, 7) is 14.1. The molecule has 0 saturated carbocycles. The van der Waals surface area contributed by atoms with E-state index in [0.717, 1.165) is 38.5 Å². The third-order valence-electron chi connectivity index (χ3n) is 3.47. The molecule has 0 amide bonds. The highest BCUT2D eigenvalue weighted by molar-refractivity contribution is 4.90. The Hall–Kier alpha value is -0.940. The lowest BCUT2D eigenvalue weighted by atomic mass is 10.1. The third kappa shape index (κ3) is 4.28. The van der Waals surface area contributed by atoms with Crippen LogP contribution >= 0.6 is 0 Å². The van der Waals surface area contributed by atoms with E-state index in [1.165, 1.54) is 6.42 Å². The maximum Gasteiger partial charge on any atom is 0.141 e.